The lowest BCUT2D eigenvalue weighted by atomic mass is 10.1. The first-order chi connectivity index (χ1) is 15.4. The van der Waals surface area contributed by atoms with Crippen molar-refractivity contribution in [1.29, 1.82) is 5.26 Å². The first kappa shape index (κ1) is 21.5. The van der Waals surface area contributed by atoms with Crippen LogP contribution in [0.2, 0.25) is 5.28 Å². The number of hydrogen-bond acceptors (Lipinski definition) is 7. The summed E-state index contributed by atoms with van der Waals surface area (Å²) in [4.78, 5) is 33.8. The van der Waals surface area contributed by atoms with E-state index < -0.39 is 17.0 Å². The van der Waals surface area contributed by atoms with Crippen LogP contribution in [0.5, 0.6) is 11.6 Å². The summed E-state index contributed by atoms with van der Waals surface area (Å²) in [6, 6.07) is 15.3. The number of halogens is 2. The number of benzene rings is 2. The number of aromatic nitrogens is 2. The van der Waals surface area contributed by atoms with Crippen molar-refractivity contribution in [2.75, 3.05) is 0 Å². The van der Waals surface area contributed by atoms with E-state index in [4.69, 9.17) is 16.3 Å². The monoisotopic (exact) mass is 466 g/mol. The molecule has 2 amide bonds. The topological polar surface area (TPSA) is 96.2 Å². The summed E-state index contributed by atoms with van der Waals surface area (Å²) in [6.07, 6.45) is 2.44. The second-order valence-electron chi connectivity index (χ2n) is 6.50. The summed E-state index contributed by atoms with van der Waals surface area (Å²) in [7, 11) is 0. The molecular formula is C22H12ClFN4O3S. The van der Waals surface area contributed by atoms with E-state index in [-0.39, 0.29) is 28.4 Å². The molecule has 0 spiro atoms. The third-order valence-electron chi connectivity index (χ3n) is 4.39. The van der Waals surface area contributed by atoms with Crippen molar-refractivity contribution in [2.45, 2.75) is 6.54 Å². The van der Waals surface area contributed by atoms with Gasteiger partial charge in [-0.1, -0.05) is 30.3 Å². The lowest BCUT2D eigenvalue weighted by molar-refractivity contribution is -0.123. The van der Waals surface area contributed by atoms with Crippen LogP contribution >= 0.6 is 23.4 Å². The lowest BCUT2D eigenvalue weighted by Crippen LogP contribution is -2.27. The highest BCUT2D eigenvalue weighted by molar-refractivity contribution is 8.18. The number of hydrogen-bond donors (Lipinski definition) is 0. The Hall–Kier alpha value is -3.74. The minimum absolute atomic E-state index is 0.00262. The molecule has 7 nitrogen and oxygen atoms in total. The lowest BCUT2D eigenvalue weighted by Gasteiger charge is -2.13. The van der Waals surface area contributed by atoms with E-state index in [1.54, 1.807) is 48.5 Å². The molecule has 0 saturated carbocycles. The molecule has 0 unspecified atom stereocenters. The molecule has 0 bridgehead atoms. The van der Waals surface area contributed by atoms with Crippen molar-refractivity contribution in [1.82, 2.24) is 14.9 Å². The number of ether oxygens (including phenoxy) is 1. The van der Waals surface area contributed by atoms with E-state index in [9.17, 15) is 19.2 Å². The minimum atomic E-state index is -0.779. The predicted octanol–water partition coefficient (Wildman–Crippen LogP) is 5.17. The molecular weight excluding hydrogens is 455 g/mol. The fourth-order valence-electron chi connectivity index (χ4n) is 2.91. The van der Waals surface area contributed by atoms with Crippen LogP contribution in [-0.2, 0) is 11.3 Å². The highest BCUT2D eigenvalue weighted by Crippen LogP contribution is 2.34. The van der Waals surface area contributed by atoms with Crippen LogP contribution in [0.25, 0.3) is 6.08 Å². The number of carbonyl (C=O) groups is 2. The highest BCUT2D eigenvalue weighted by atomic mass is 35.5. The third-order valence-corrected chi connectivity index (χ3v) is 5.48. The number of amides is 2. The van der Waals surface area contributed by atoms with Gasteiger partial charge in [0.1, 0.15) is 5.75 Å². The Kier molecular flexibility index (Phi) is 6.16. The fourth-order valence-corrected chi connectivity index (χ4v) is 3.87. The molecule has 0 N–H and O–H groups in total. The van der Waals surface area contributed by atoms with Gasteiger partial charge in [0.2, 0.25) is 11.1 Å². The van der Waals surface area contributed by atoms with E-state index >= 15 is 0 Å². The highest BCUT2D eigenvalue weighted by Gasteiger charge is 2.35. The third kappa shape index (κ3) is 4.61. The fraction of sp³-hybridized carbons (Fsp3) is 0.0455. The van der Waals surface area contributed by atoms with Crippen molar-refractivity contribution in [3.05, 3.63) is 87.4 Å². The number of thioether (sulfide) groups is 1. The minimum Gasteiger partial charge on any atom is -0.436 e. The van der Waals surface area contributed by atoms with E-state index in [2.05, 4.69) is 16.0 Å². The van der Waals surface area contributed by atoms with Gasteiger partial charge in [0.15, 0.2) is 0 Å². The van der Waals surface area contributed by atoms with Crippen molar-refractivity contribution in [2.24, 2.45) is 0 Å². The standard InChI is InChI=1S/C22H12ClFN4O3S/c23-21-26-11-17(24)19(27-21)31-16-7-3-4-13(8-16)9-18-20(29)28(22(30)32-18)12-15-6-2-1-5-14(15)10-25/h1-9,11H,12H2/b18-9+. The molecule has 0 aliphatic carbocycles. The average Bonchev–Trinajstić information content (AvgIpc) is 3.04. The zero-order chi connectivity index (χ0) is 22.7. The summed E-state index contributed by atoms with van der Waals surface area (Å²) in [5, 5.41) is 8.64. The van der Waals surface area contributed by atoms with Gasteiger partial charge in [0.25, 0.3) is 17.0 Å². The molecule has 2 heterocycles. The van der Waals surface area contributed by atoms with Crippen LogP contribution in [0.3, 0.4) is 0 Å². The molecule has 4 rings (SSSR count). The van der Waals surface area contributed by atoms with Gasteiger partial charge in [-0.05, 0) is 58.8 Å². The molecule has 1 aliphatic heterocycles. The molecule has 1 fully saturated rings. The molecule has 0 atom stereocenters. The van der Waals surface area contributed by atoms with Crippen LogP contribution in [-0.4, -0.2) is 26.0 Å². The van der Waals surface area contributed by atoms with Crippen LogP contribution in [0.4, 0.5) is 9.18 Å². The summed E-state index contributed by atoms with van der Waals surface area (Å²) in [5.41, 5.74) is 1.54. The Morgan fingerprint density at radius 2 is 2.03 bits per heavy atom. The van der Waals surface area contributed by atoms with E-state index in [1.165, 1.54) is 6.08 Å². The Labute approximate surface area is 191 Å². The average molecular weight is 467 g/mol. The second kappa shape index (κ2) is 9.18. The predicted molar refractivity (Wildman–Crippen MR) is 116 cm³/mol. The van der Waals surface area contributed by atoms with Gasteiger partial charge in [0.05, 0.1) is 29.3 Å². The number of carbonyl (C=O) groups excluding carboxylic acids is 2. The van der Waals surface area contributed by atoms with Gasteiger partial charge < -0.3 is 4.74 Å². The smallest absolute Gasteiger partial charge is 0.293 e. The van der Waals surface area contributed by atoms with Gasteiger partial charge in [0, 0.05) is 0 Å². The SMILES string of the molecule is N#Cc1ccccc1CN1C(=O)S/C(=C/c2cccc(Oc3nc(Cl)ncc3F)c2)C1=O. The normalized spacial score (nSPS) is 14.7. The van der Waals surface area contributed by atoms with Crippen LogP contribution in [0, 0.1) is 17.1 Å². The zero-order valence-corrected chi connectivity index (χ0v) is 17.7. The van der Waals surface area contributed by atoms with Crippen LogP contribution in [0.1, 0.15) is 16.7 Å². The maximum atomic E-state index is 13.8. The second-order valence-corrected chi connectivity index (χ2v) is 7.83. The first-order valence-electron chi connectivity index (χ1n) is 9.14. The van der Waals surface area contributed by atoms with Crippen molar-refractivity contribution in [3.63, 3.8) is 0 Å². The number of rotatable bonds is 5. The number of imide groups is 1. The van der Waals surface area contributed by atoms with Gasteiger partial charge in [-0.15, -0.1) is 0 Å². The van der Waals surface area contributed by atoms with Gasteiger partial charge >= 0.3 is 0 Å². The molecule has 1 saturated heterocycles. The molecule has 3 aromatic rings. The zero-order valence-electron chi connectivity index (χ0n) is 16.2. The van der Waals surface area contributed by atoms with Crippen molar-refractivity contribution >= 4 is 40.6 Å². The molecule has 32 heavy (non-hydrogen) atoms. The summed E-state index contributed by atoms with van der Waals surface area (Å²) >= 11 is 6.48. The molecule has 2 aromatic carbocycles. The quantitative estimate of drug-likeness (QED) is 0.378. The van der Waals surface area contributed by atoms with Crippen molar-refractivity contribution in [3.8, 4) is 17.7 Å². The molecule has 10 heteroatoms. The van der Waals surface area contributed by atoms with Crippen LogP contribution in [0.15, 0.2) is 59.6 Å². The molecule has 158 valence electrons. The maximum Gasteiger partial charge on any atom is 0.293 e. The Bertz CT molecular complexity index is 1310. The largest absolute Gasteiger partial charge is 0.436 e. The maximum absolute atomic E-state index is 13.8. The van der Waals surface area contributed by atoms with Gasteiger partial charge in [-0.25, -0.2) is 4.98 Å². The van der Waals surface area contributed by atoms with E-state index in [0.29, 0.717) is 16.7 Å². The molecule has 1 aromatic heterocycles. The van der Waals surface area contributed by atoms with E-state index in [1.807, 2.05) is 0 Å². The van der Waals surface area contributed by atoms with Crippen LogP contribution < -0.4 is 4.74 Å². The van der Waals surface area contributed by atoms with Crippen molar-refractivity contribution < 1.29 is 18.7 Å². The summed E-state index contributed by atoms with van der Waals surface area (Å²) in [5.74, 6) is -1.32. The number of nitrogens with zero attached hydrogens (tertiary/aromatic N) is 4. The Morgan fingerprint density at radius 3 is 2.84 bits per heavy atom. The molecule has 1 aliphatic rings. The molecule has 0 radical (unpaired) electrons. The Morgan fingerprint density at radius 1 is 1.22 bits per heavy atom. The van der Waals surface area contributed by atoms with E-state index in [0.717, 1.165) is 22.9 Å². The van der Waals surface area contributed by atoms with Gasteiger partial charge in [-0.3, -0.25) is 14.5 Å². The van der Waals surface area contributed by atoms with Gasteiger partial charge in [-0.2, -0.15) is 14.6 Å². The summed E-state index contributed by atoms with van der Waals surface area (Å²) < 4.78 is 19.3. The summed E-state index contributed by atoms with van der Waals surface area (Å²) in [6.45, 7) is 0.00262. The Balaban J connectivity index is 1.55. The first-order valence-corrected chi connectivity index (χ1v) is 10.3. The number of nitriles is 1.